The molecule has 1 amide bonds. The minimum absolute atomic E-state index is 0.0279. The summed E-state index contributed by atoms with van der Waals surface area (Å²) in [6.07, 6.45) is 5.06. The third kappa shape index (κ3) is 3.05. The predicted molar refractivity (Wildman–Crippen MR) is 53.1 cm³/mol. The molecule has 0 unspecified atom stereocenters. The van der Waals surface area contributed by atoms with Gasteiger partial charge in [0, 0.05) is 24.5 Å². The lowest BCUT2D eigenvalue weighted by Crippen LogP contribution is -2.27. The van der Waals surface area contributed by atoms with Crippen LogP contribution in [0.25, 0.3) is 0 Å². The van der Waals surface area contributed by atoms with Crippen molar-refractivity contribution < 1.29 is 9.59 Å². The number of aromatic nitrogens is 1. The number of carbonyl (C=O) groups excluding carboxylic acids is 2. The number of rotatable bonds is 5. The lowest BCUT2D eigenvalue weighted by atomic mass is 10.4. The van der Waals surface area contributed by atoms with Crippen molar-refractivity contribution in [1.82, 2.24) is 9.88 Å². The summed E-state index contributed by atoms with van der Waals surface area (Å²) in [4.78, 5) is 21.6. The van der Waals surface area contributed by atoms with Crippen molar-refractivity contribution in [3.63, 3.8) is 0 Å². The monoisotopic (exact) mass is 194 g/mol. The van der Waals surface area contributed by atoms with Crippen molar-refractivity contribution in [2.75, 3.05) is 6.54 Å². The van der Waals surface area contributed by atoms with E-state index in [0.29, 0.717) is 12.1 Å². The standard InChI is InChI=1S/C10H14N2O2/c1-2-4-11-10(14)7-12-5-3-9(6-12)8-13/h3,5-6,8H,2,4,7H2,1H3,(H,11,14). The summed E-state index contributed by atoms with van der Waals surface area (Å²) in [6, 6.07) is 1.68. The number of hydrogen-bond acceptors (Lipinski definition) is 2. The van der Waals surface area contributed by atoms with Gasteiger partial charge in [0.2, 0.25) is 5.91 Å². The number of aldehydes is 1. The molecule has 4 nitrogen and oxygen atoms in total. The second-order valence-electron chi connectivity index (χ2n) is 3.08. The first-order valence-corrected chi connectivity index (χ1v) is 4.64. The molecule has 1 rings (SSSR count). The molecule has 1 heterocycles. The Kier molecular flexibility index (Phi) is 3.91. The van der Waals surface area contributed by atoms with Crippen LogP contribution in [-0.2, 0) is 11.3 Å². The first-order valence-electron chi connectivity index (χ1n) is 4.64. The molecule has 0 atom stereocenters. The van der Waals surface area contributed by atoms with Gasteiger partial charge in [0.15, 0.2) is 6.29 Å². The van der Waals surface area contributed by atoms with Crippen LogP contribution in [0.3, 0.4) is 0 Å². The maximum Gasteiger partial charge on any atom is 0.239 e. The van der Waals surface area contributed by atoms with Crippen LogP contribution in [0.5, 0.6) is 0 Å². The van der Waals surface area contributed by atoms with Crippen molar-refractivity contribution in [2.24, 2.45) is 0 Å². The van der Waals surface area contributed by atoms with Crippen molar-refractivity contribution in [3.05, 3.63) is 24.0 Å². The Labute approximate surface area is 82.9 Å². The smallest absolute Gasteiger partial charge is 0.239 e. The SMILES string of the molecule is CCCNC(=O)Cn1ccc(C=O)c1. The topological polar surface area (TPSA) is 51.1 Å². The highest BCUT2D eigenvalue weighted by molar-refractivity contribution is 5.77. The van der Waals surface area contributed by atoms with Crippen LogP contribution in [0.2, 0.25) is 0 Å². The second kappa shape index (κ2) is 5.21. The minimum Gasteiger partial charge on any atom is -0.355 e. The highest BCUT2D eigenvalue weighted by Gasteiger charge is 2.01. The molecular weight excluding hydrogens is 180 g/mol. The first kappa shape index (κ1) is 10.5. The van der Waals surface area contributed by atoms with Gasteiger partial charge < -0.3 is 9.88 Å². The first-order chi connectivity index (χ1) is 6.76. The number of nitrogens with one attached hydrogen (secondary N) is 1. The van der Waals surface area contributed by atoms with Crippen LogP contribution in [0.1, 0.15) is 23.7 Å². The van der Waals surface area contributed by atoms with Crippen LogP contribution >= 0.6 is 0 Å². The van der Waals surface area contributed by atoms with Crippen molar-refractivity contribution in [1.29, 1.82) is 0 Å². The molecule has 1 N–H and O–H groups in total. The molecule has 0 spiro atoms. The van der Waals surface area contributed by atoms with Crippen LogP contribution in [0.15, 0.2) is 18.5 Å². The molecule has 76 valence electrons. The van der Waals surface area contributed by atoms with E-state index >= 15 is 0 Å². The van der Waals surface area contributed by atoms with E-state index in [1.807, 2.05) is 6.92 Å². The minimum atomic E-state index is -0.0279. The summed E-state index contributed by atoms with van der Waals surface area (Å²) in [6.45, 7) is 2.97. The summed E-state index contributed by atoms with van der Waals surface area (Å²) in [5.74, 6) is -0.0279. The van der Waals surface area contributed by atoms with Gasteiger partial charge in [0.1, 0.15) is 6.54 Å². The molecule has 1 aromatic rings. The normalized spacial score (nSPS) is 9.79. The average molecular weight is 194 g/mol. The largest absolute Gasteiger partial charge is 0.355 e. The van der Waals surface area contributed by atoms with Gasteiger partial charge in [-0.3, -0.25) is 9.59 Å². The molecule has 1 aromatic heterocycles. The summed E-state index contributed by atoms with van der Waals surface area (Å²) < 4.78 is 1.69. The van der Waals surface area contributed by atoms with Gasteiger partial charge >= 0.3 is 0 Å². The maximum atomic E-state index is 11.2. The van der Waals surface area contributed by atoms with Gasteiger partial charge in [-0.1, -0.05) is 6.92 Å². The van der Waals surface area contributed by atoms with Crippen LogP contribution in [0.4, 0.5) is 0 Å². The van der Waals surface area contributed by atoms with Crippen LogP contribution in [-0.4, -0.2) is 23.3 Å². The Morgan fingerprint density at radius 2 is 2.43 bits per heavy atom. The number of nitrogens with zero attached hydrogens (tertiary/aromatic N) is 1. The molecule has 0 saturated carbocycles. The zero-order chi connectivity index (χ0) is 10.4. The Hall–Kier alpha value is -1.58. The van der Waals surface area contributed by atoms with Crippen LogP contribution < -0.4 is 5.32 Å². The third-order valence-electron chi connectivity index (χ3n) is 1.81. The lowest BCUT2D eigenvalue weighted by Gasteiger charge is -2.03. The highest BCUT2D eigenvalue weighted by Crippen LogP contribution is 1.97. The quantitative estimate of drug-likeness (QED) is 0.706. The molecule has 0 bridgehead atoms. The fourth-order valence-electron chi connectivity index (χ4n) is 1.11. The maximum absolute atomic E-state index is 11.2. The van der Waals surface area contributed by atoms with Gasteiger partial charge in [-0.15, -0.1) is 0 Å². The summed E-state index contributed by atoms with van der Waals surface area (Å²) in [5, 5.41) is 2.76. The van der Waals surface area contributed by atoms with Crippen molar-refractivity contribution in [3.8, 4) is 0 Å². The Balaban J connectivity index is 2.43. The molecule has 0 fully saturated rings. The molecule has 0 radical (unpaired) electrons. The Morgan fingerprint density at radius 3 is 3.00 bits per heavy atom. The van der Waals surface area contributed by atoms with E-state index < -0.39 is 0 Å². The molecule has 0 aliphatic carbocycles. The fourth-order valence-corrected chi connectivity index (χ4v) is 1.11. The van der Waals surface area contributed by atoms with E-state index in [2.05, 4.69) is 5.32 Å². The summed E-state index contributed by atoms with van der Waals surface area (Å²) >= 11 is 0. The molecule has 0 aliphatic heterocycles. The average Bonchev–Trinajstić information content (AvgIpc) is 2.62. The highest BCUT2D eigenvalue weighted by atomic mass is 16.1. The molecule has 14 heavy (non-hydrogen) atoms. The van der Waals surface area contributed by atoms with Crippen molar-refractivity contribution in [2.45, 2.75) is 19.9 Å². The van der Waals surface area contributed by atoms with E-state index in [-0.39, 0.29) is 12.5 Å². The van der Waals surface area contributed by atoms with E-state index in [9.17, 15) is 9.59 Å². The number of hydrogen-bond donors (Lipinski definition) is 1. The van der Waals surface area contributed by atoms with Crippen molar-refractivity contribution >= 4 is 12.2 Å². The van der Waals surface area contributed by atoms with E-state index in [1.54, 1.807) is 23.0 Å². The van der Waals surface area contributed by atoms with Gasteiger partial charge in [0.25, 0.3) is 0 Å². The molecule has 0 aromatic carbocycles. The lowest BCUT2D eigenvalue weighted by molar-refractivity contribution is -0.121. The Morgan fingerprint density at radius 1 is 1.64 bits per heavy atom. The number of amides is 1. The van der Waals surface area contributed by atoms with E-state index in [1.165, 1.54) is 0 Å². The van der Waals surface area contributed by atoms with Gasteiger partial charge in [-0.05, 0) is 12.5 Å². The molecule has 0 saturated heterocycles. The number of carbonyl (C=O) groups is 2. The zero-order valence-electron chi connectivity index (χ0n) is 8.19. The summed E-state index contributed by atoms with van der Waals surface area (Å²) in [7, 11) is 0. The third-order valence-corrected chi connectivity index (χ3v) is 1.81. The fraction of sp³-hybridized carbons (Fsp3) is 0.400. The zero-order valence-corrected chi connectivity index (χ0v) is 8.19. The Bertz CT molecular complexity index is 318. The molecular formula is C10H14N2O2. The second-order valence-corrected chi connectivity index (χ2v) is 3.08. The predicted octanol–water partition coefficient (Wildman–Crippen LogP) is 0.827. The van der Waals surface area contributed by atoms with Gasteiger partial charge in [0.05, 0.1) is 0 Å². The molecule has 4 heteroatoms. The van der Waals surface area contributed by atoms with Gasteiger partial charge in [-0.25, -0.2) is 0 Å². The molecule has 0 aliphatic rings. The van der Waals surface area contributed by atoms with E-state index in [4.69, 9.17) is 0 Å². The van der Waals surface area contributed by atoms with Crippen LogP contribution in [0, 0.1) is 0 Å². The van der Waals surface area contributed by atoms with Gasteiger partial charge in [-0.2, -0.15) is 0 Å². The summed E-state index contributed by atoms with van der Waals surface area (Å²) in [5.41, 5.74) is 0.591. The van der Waals surface area contributed by atoms with E-state index in [0.717, 1.165) is 12.7 Å².